The van der Waals surface area contributed by atoms with Crippen LogP contribution in [0.5, 0.6) is 5.75 Å². The number of hydrogen-bond acceptors (Lipinski definition) is 9. The van der Waals surface area contributed by atoms with Gasteiger partial charge in [0, 0.05) is 38.3 Å². The quantitative estimate of drug-likeness (QED) is 0.249. The lowest BCUT2D eigenvalue weighted by Crippen LogP contribution is -2.45. The van der Waals surface area contributed by atoms with Gasteiger partial charge in [-0.25, -0.2) is 0 Å². The van der Waals surface area contributed by atoms with Gasteiger partial charge in [-0.05, 0) is 30.4 Å². The molecule has 0 aromatic heterocycles. The van der Waals surface area contributed by atoms with E-state index in [0.29, 0.717) is 12.1 Å². The zero-order chi connectivity index (χ0) is 23.8. The molecule has 0 bridgehead atoms. The lowest BCUT2D eigenvalue weighted by Gasteiger charge is -2.31. The first kappa shape index (κ1) is 31.5. The number of hydrogen-bond donors (Lipinski definition) is 2. The molecule has 11 heteroatoms. The summed E-state index contributed by atoms with van der Waals surface area (Å²) in [7, 11) is 0. The number of nitro benzene ring substituents is 1. The number of nitrogens with one attached hydrogen (secondary N) is 1. The van der Waals surface area contributed by atoms with Crippen LogP contribution < -0.4 is 10.1 Å². The number of ether oxygens (including phenoxy) is 1. The molecular formula is C24H42N4O5S2. The van der Waals surface area contributed by atoms with Crippen LogP contribution >= 0.6 is 23.5 Å². The Balaban J connectivity index is 0.00000306. The minimum absolute atomic E-state index is 0. The summed E-state index contributed by atoms with van der Waals surface area (Å²) in [6, 6.07) is 2.77. The topological polar surface area (TPSA) is 108 Å². The van der Waals surface area contributed by atoms with Crippen LogP contribution in [0, 0.1) is 10.1 Å². The summed E-state index contributed by atoms with van der Waals surface area (Å²) in [6.07, 6.45) is 1.77. The van der Waals surface area contributed by atoms with Gasteiger partial charge in [-0.2, -0.15) is 0 Å². The third-order valence-corrected chi connectivity index (χ3v) is 8.69. The summed E-state index contributed by atoms with van der Waals surface area (Å²) in [5.41, 5.74) is 0.130. The van der Waals surface area contributed by atoms with Gasteiger partial charge < -0.3 is 20.1 Å². The number of nitrogens with zero attached hydrogens (tertiary/aromatic N) is 3. The summed E-state index contributed by atoms with van der Waals surface area (Å²) in [4.78, 5) is 28.8. The molecule has 1 amide bonds. The Bertz CT molecular complexity index is 817. The van der Waals surface area contributed by atoms with Crippen LogP contribution in [0.2, 0.25) is 0 Å². The molecule has 200 valence electrons. The maximum Gasteiger partial charge on any atom is 0.285 e. The Labute approximate surface area is 218 Å². The summed E-state index contributed by atoms with van der Waals surface area (Å²) in [5, 5.41) is 25.1. The summed E-state index contributed by atoms with van der Waals surface area (Å²) in [5.74, 6) is 1.80. The van der Waals surface area contributed by atoms with Crippen LogP contribution in [0.1, 0.15) is 57.5 Å². The molecular weight excluding hydrogens is 488 g/mol. The van der Waals surface area contributed by atoms with Crippen molar-refractivity contribution in [1.82, 2.24) is 15.1 Å². The van der Waals surface area contributed by atoms with E-state index in [-0.39, 0.29) is 61.7 Å². The van der Waals surface area contributed by atoms with Gasteiger partial charge >= 0.3 is 0 Å². The molecule has 2 saturated heterocycles. The third-order valence-electron chi connectivity index (χ3n) is 5.92. The van der Waals surface area contributed by atoms with E-state index in [1.807, 2.05) is 23.5 Å². The second-order valence-corrected chi connectivity index (χ2v) is 11.2. The fraction of sp³-hybridized carbons (Fsp3) is 0.708. The molecule has 2 aliphatic heterocycles. The van der Waals surface area contributed by atoms with E-state index in [1.165, 1.54) is 12.1 Å². The number of piperazine rings is 1. The van der Waals surface area contributed by atoms with Gasteiger partial charge in [-0.1, -0.05) is 28.7 Å². The van der Waals surface area contributed by atoms with Crippen LogP contribution in [0.15, 0.2) is 12.1 Å². The first-order valence-electron chi connectivity index (χ1n) is 11.5. The van der Waals surface area contributed by atoms with Crippen molar-refractivity contribution in [3.05, 3.63) is 33.4 Å². The second kappa shape index (κ2) is 15.6. The Morgan fingerprint density at radius 1 is 1.23 bits per heavy atom. The van der Waals surface area contributed by atoms with Crippen molar-refractivity contribution in [2.45, 2.75) is 58.8 Å². The highest BCUT2D eigenvalue weighted by molar-refractivity contribution is 8.17. The molecule has 9 nitrogen and oxygen atoms in total. The van der Waals surface area contributed by atoms with Gasteiger partial charge in [0.1, 0.15) is 18.0 Å². The number of nitro groups is 1. The van der Waals surface area contributed by atoms with Crippen molar-refractivity contribution in [2.75, 3.05) is 51.0 Å². The van der Waals surface area contributed by atoms with E-state index in [1.54, 1.807) is 4.90 Å². The maximum absolute atomic E-state index is 13.5. The van der Waals surface area contributed by atoms with E-state index in [4.69, 9.17) is 4.74 Å². The molecule has 2 fully saturated rings. The SMILES string of the molecule is C.C.CCSC(SCC)[C@@H]1CCCN1C(=O)c1cc(CO)c(OCN2CCNCC2)cc1[N+](=O)[O-]. The van der Waals surface area contributed by atoms with E-state index < -0.39 is 4.92 Å². The molecule has 0 unspecified atom stereocenters. The highest BCUT2D eigenvalue weighted by Gasteiger charge is 2.38. The lowest BCUT2D eigenvalue weighted by atomic mass is 10.1. The minimum Gasteiger partial charge on any atom is -0.478 e. The lowest BCUT2D eigenvalue weighted by molar-refractivity contribution is -0.385. The molecule has 1 aromatic rings. The van der Waals surface area contributed by atoms with Crippen molar-refractivity contribution in [2.24, 2.45) is 0 Å². The van der Waals surface area contributed by atoms with Gasteiger partial charge in [0.05, 0.1) is 28.2 Å². The molecule has 3 rings (SSSR count). The molecule has 2 heterocycles. The molecule has 0 spiro atoms. The number of thioether (sulfide) groups is 2. The van der Waals surface area contributed by atoms with Gasteiger partial charge in [0.15, 0.2) is 0 Å². The van der Waals surface area contributed by atoms with Gasteiger partial charge in [-0.3, -0.25) is 19.8 Å². The van der Waals surface area contributed by atoms with Gasteiger partial charge in [-0.15, -0.1) is 23.5 Å². The summed E-state index contributed by atoms with van der Waals surface area (Å²) in [6.45, 7) is 8.05. The number of aliphatic hydroxyl groups excluding tert-OH is 1. The van der Waals surface area contributed by atoms with Crippen LogP contribution in [0.3, 0.4) is 0 Å². The predicted octanol–water partition coefficient (Wildman–Crippen LogP) is 4.04. The van der Waals surface area contributed by atoms with Crippen LogP contribution in [0.25, 0.3) is 0 Å². The number of carbonyl (C=O) groups excluding carboxylic acids is 1. The van der Waals surface area contributed by atoms with E-state index in [2.05, 4.69) is 24.1 Å². The van der Waals surface area contributed by atoms with Crippen molar-refractivity contribution in [3.8, 4) is 5.75 Å². The normalized spacial score (nSPS) is 18.2. The van der Waals surface area contributed by atoms with Crippen LogP contribution in [-0.2, 0) is 6.61 Å². The largest absolute Gasteiger partial charge is 0.478 e. The van der Waals surface area contributed by atoms with Crippen molar-refractivity contribution >= 4 is 35.1 Å². The monoisotopic (exact) mass is 530 g/mol. The molecule has 0 saturated carbocycles. The molecule has 2 aliphatic rings. The van der Waals surface area contributed by atoms with Gasteiger partial charge in [0.2, 0.25) is 0 Å². The average molecular weight is 531 g/mol. The van der Waals surface area contributed by atoms with E-state index >= 15 is 0 Å². The number of benzene rings is 1. The van der Waals surface area contributed by atoms with Crippen LogP contribution in [-0.4, -0.2) is 87.3 Å². The fourth-order valence-electron chi connectivity index (χ4n) is 4.28. The molecule has 0 aliphatic carbocycles. The highest BCUT2D eigenvalue weighted by atomic mass is 32.2. The second-order valence-electron chi connectivity index (χ2n) is 8.02. The first-order valence-corrected chi connectivity index (χ1v) is 13.6. The zero-order valence-electron chi connectivity index (χ0n) is 19.3. The van der Waals surface area contributed by atoms with Gasteiger partial charge in [0.25, 0.3) is 11.6 Å². The molecule has 0 radical (unpaired) electrons. The van der Waals surface area contributed by atoms with Crippen molar-refractivity contribution in [1.29, 1.82) is 0 Å². The first-order chi connectivity index (χ1) is 16.0. The molecule has 1 aromatic carbocycles. The number of likely N-dealkylation sites (tertiary alicyclic amines) is 1. The molecule has 2 N–H and O–H groups in total. The fourth-order valence-corrected chi connectivity index (χ4v) is 7.15. The van der Waals surface area contributed by atoms with E-state index in [0.717, 1.165) is 50.5 Å². The van der Waals surface area contributed by atoms with Crippen LogP contribution in [0.4, 0.5) is 5.69 Å². The number of carbonyl (C=O) groups is 1. The highest BCUT2D eigenvalue weighted by Crippen LogP contribution is 2.37. The average Bonchev–Trinajstić information content (AvgIpc) is 3.32. The third kappa shape index (κ3) is 7.98. The molecule has 1 atom stereocenters. The van der Waals surface area contributed by atoms with Crippen molar-refractivity contribution < 1.29 is 19.6 Å². The Hall–Kier alpha value is -1.53. The zero-order valence-corrected chi connectivity index (χ0v) is 21.0. The standard InChI is InChI=1S/C22H34N4O5S2.2CH4/c1-3-32-22(33-4-2)18-6-5-9-25(18)21(28)17-12-16(14-27)20(13-19(17)26(29)30)31-15-24-10-7-23-8-11-24;;/h12-13,18,22-23,27H,3-11,14-15H2,1-2H3;2*1H4/t18-;;/m0../s1. The maximum atomic E-state index is 13.5. The summed E-state index contributed by atoms with van der Waals surface area (Å²) < 4.78 is 6.08. The Morgan fingerprint density at radius 2 is 1.89 bits per heavy atom. The minimum atomic E-state index is -0.532. The number of aliphatic hydroxyl groups is 1. The smallest absolute Gasteiger partial charge is 0.285 e. The Kier molecular flexibility index (Phi) is 14.0. The number of rotatable bonds is 11. The van der Waals surface area contributed by atoms with E-state index in [9.17, 15) is 20.0 Å². The molecule has 35 heavy (non-hydrogen) atoms. The van der Waals surface area contributed by atoms with Crippen molar-refractivity contribution in [3.63, 3.8) is 0 Å². The predicted molar refractivity (Wildman–Crippen MR) is 147 cm³/mol. The number of amides is 1. The summed E-state index contributed by atoms with van der Waals surface area (Å²) >= 11 is 3.64. The Morgan fingerprint density at radius 3 is 2.46 bits per heavy atom.